The van der Waals surface area contributed by atoms with Crippen molar-refractivity contribution in [1.29, 1.82) is 0 Å². The molecule has 0 aromatic heterocycles. The average molecular weight is 254 g/mol. The summed E-state index contributed by atoms with van der Waals surface area (Å²) in [5.41, 5.74) is -0.324. The molecule has 0 aromatic rings. The number of rotatable bonds is 2. The summed E-state index contributed by atoms with van der Waals surface area (Å²) < 4.78 is 11.9. The molecule has 1 saturated carbocycles. The van der Waals surface area contributed by atoms with E-state index in [4.69, 9.17) is 9.47 Å². The Balaban J connectivity index is 2.18. The molecule has 2 rings (SSSR count). The van der Waals surface area contributed by atoms with Crippen molar-refractivity contribution in [2.24, 2.45) is 11.8 Å². The van der Waals surface area contributed by atoms with E-state index in [1.807, 2.05) is 0 Å². The summed E-state index contributed by atoms with van der Waals surface area (Å²) in [6.07, 6.45) is 5.80. The van der Waals surface area contributed by atoms with Crippen molar-refractivity contribution in [1.82, 2.24) is 0 Å². The number of fused-ring (bicyclic) bond motifs is 1. The Labute approximate surface area is 110 Å². The van der Waals surface area contributed by atoms with Crippen molar-refractivity contribution in [3.05, 3.63) is 0 Å². The molecule has 1 heterocycles. The number of hydrogen-bond acceptors (Lipinski definition) is 3. The van der Waals surface area contributed by atoms with Gasteiger partial charge in [0, 0.05) is 19.3 Å². The lowest BCUT2D eigenvalue weighted by Gasteiger charge is -2.51. The molecule has 1 aliphatic heterocycles. The van der Waals surface area contributed by atoms with Crippen LogP contribution in [0.1, 0.15) is 59.8 Å². The van der Waals surface area contributed by atoms with Gasteiger partial charge in [0.2, 0.25) is 0 Å². The lowest BCUT2D eigenvalue weighted by molar-refractivity contribution is -0.215. The molecule has 1 aliphatic carbocycles. The maximum Gasteiger partial charge on any atom is 0.303 e. The highest BCUT2D eigenvalue weighted by molar-refractivity contribution is 5.66. The average Bonchev–Trinajstić information content (AvgIpc) is 2.26. The predicted octanol–water partition coefficient (Wildman–Crippen LogP) is 3.31. The van der Waals surface area contributed by atoms with Crippen molar-refractivity contribution in [2.45, 2.75) is 77.6 Å². The summed E-state index contributed by atoms with van der Waals surface area (Å²) >= 11 is 0. The van der Waals surface area contributed by atoms with Crippen LogP contribution in [-0.2, 0) is 14.3 Å². The van der Waals surface area contributed by atoms with E-state index in [2.05, 4.69) is 20.8 Å². The topological polar surface area (TPSA) is 35.5 Å². The minimum atomic E-state index is -0.324. The highest BCUT2D eigenvalue weighted by atomic mass is 16.6. The van der Waals surface area contributed by atoms with Crippen molar-refractivity contribution < 1.29 is 14.3 Å². The third kappa shape index (κ3) is 2.71. The van der Waals surface area contributed by atoms with Gasteiger partial charge in [-0.1, -0.05) is 20.3 Å². The third-order valence-corrected chi connectivity index (χ3v) is 4.67. The molecule has 3 nitrogen and oxygen atoms in total. The minimum absolute atomic E-state index is 0.161. The predicted molar refractivity (Wildman–Crippen MR) is 70.2 cm³/mol. The van der Waals surface area contributed by atoms with Gasteiger partial charge in [0.25, 0.3) is 0 Å². The second-order valence-corrected chi connectivity index (χ2v) is 6.34. The fourth-order valence-electron chi connectivity index (χ4n) is 3.76. The van der Waals surface area contributed by atoms with Gasteiger partial charge in [-0.3, -0.25) is 4.79 Å². The molecule has 0 amide bonds. The van der Waals surface area contributed by atoms with Gasteiger partial charge in [0.15, 0.2) is 0 Å². The highest BCUT2D eigenvalue weighted by Crippen LogP contribution is 2.46. The smallest absolute Gasteiger partial charge is 0.303 e. The lowest BCUT2D eigenvalue weighted by Crippen LogP contribution is -2.55. The molecule has 18 heavy (non-hydrogen) atoms. The first-order valence-corrected chi connectivity index (χ1v) is 7.29. The first-order valence-electron chi connectivity index (χ1n) is 7.29. The van der Waals surface area contributed by atoms with Gasteiger partial charge < -0.3 is 9.47 Å². The van der Waals surface area contributed by atoms with Crippen LogP contribution in [0.15, 0.2) is 0 Å². The van der Waals surface area contributed by atoms with Gasteiger partial charge in [-0.25, -0.2) is 0 Å². The van der Waals surface area contributed by atoms with Gasteiger partial charge in [0.1, 0.15) is 5.60 Å². The number of esters is 1. The second kappa shape index (κ2) is 5.20. The maximum absolute atomic E-state index is 11.4. The fraction of sp³-hybridized carbons (Fsp3) is 0.933. The van der Waals surface area contributed by atoms with Crippen molar-refractivity contribution in [2.75, 3.05) is 0 Å². The van der Waals surface area contributed by atoms with Crippen molar-refractivity contribution >= 4 is 5.97 Å². The first-order chi connectivity index (χ1) is 8.44. The van der Waals surface area contributed by atoms with Crippen LogP contribution >= 0.6 is 0 Å². The zero-order valence-corrected chi connectivity index (χ0v) is 12.1. The lowest BCUT2D eigenvalue weighted by atomic mass is 9.68. The molecule has 0 unspecified atom stereocenters. The Morgan fingerprint density at radius 3 is 2.78 bits per heavy atom. The van der Waals surface area contributed by atoms with Crippen LogP contribution in [0.3, 0.4) is 0 Å². The SMILES string of the molecule is CC[C@H]1C[C@](C)(OC(C)=O)[C@@H]2CC[C@@H](C)C[C@H]2O1. The standard InChI is InChI=1S/C15H26O3/c1-5-12-9-15(4,18-11(3)16)13-7-6-10(2)8-14(13)17-12/h10,12-14H,5-9H2,1-4H3/t10-,12+,13-,14-,15+/m1/s1. The number of carbonyl (C=O) groups is 1. The van der Waals surface area contributed by atoms with Crippen LogP contribution in [0.4, 0.5) is 0 Å². The second-order valence-electron chi connectivity index (χ2n) is 6.34. The zero-order chi connectivity index (χ0) is 13.3. The van der Waals surface area contributed by atoms with Gasteiger partial charge >= 0.3 is 5.97 Å². The molecule has 0 N–H and O–H groups in total. The summed E-state index contributed by atoms with van der Waals surface area (Å²) in [5, 5.41) is 0. The van der Waals surface area contributed by atoms with E-state index in [0.717, 1.165) is 31.6 Å². The molecular formula is C15H26O3. The van der Waals surface area contributed by atoms with Crippen LogP contribution in [0, 0.1) is 11.8 Å². The molecule has 0 aromatic carbocycles. The third-order valence-electron chi connectivity index (χ3n) is 4.67. The van der Waals surface area contributed by atoms with E-state index < -0.39 is 0 Å². The summed E-state index contributed by atoms with van der Waals surface area (Å²) in [6, 6.07) is 0. The summed E-state index contributed by atoms with van der Waals surface area (Å²) in [5.74, 6) is 0.940. The molecule has 1 saturated heterocycles. The number of carbonyl (C=O) groups excluding carboxylic acids is 1. The Morgan fingerprint density at radius 2 is 2.17 bits per heavy atom. The van der Waals surface area contributed by atoms with Crippen molar-refractivity contribution in [3.63, 3.8) is 0 Å². The zero-order valence-electron chi connectivity index (χ0n) is 12.1. The van der Waals surface area contributed by atoms with Crippen molar-refractivity contribution in [3.8, 4) is 0 Å². The normalized spacial score (nSPS) is 44.2. The van der Waals surface area contributed by atoms with Gasteiger partial charge in [0.05, 0.1) is 12.2 Å². The first kappa shape index (κ1) is 13.9. The van der Waals surface area contributed by atoms with Gasteiger partial charge in [-0.15, -0.1) is 0 Å². The quantitative estimate of drug-likeness (QED) is 0.709. The fourth-order valence-corrected chi connectivity index (χ4v) is 3.76. The van der Waals surface area contributed by atoms with Crippen LogP contribution < -0.4 is 0 Å². The summed E-state index contributed by atoms with van der Waals surface area (Å²) in [6.45, 7) is 8.05. The minimum Gasteiger partial charge on any atom is -0.459 e. The molecule has 104 valence electrons. The van der Waals surface area contributed by atoms with Crippen LogP contribution in [0.25, 0.3) is 0 Å². The summed E-state index contributed by atoms with van der Waals surface area (Å²) in [7, 11) is 0. The Bertz CT molecular complexity index is 315. The maximum atomic E-state index is 11.4. The molecular weight excluding hydrogens is 228 g/mol. The van der Waals surface area contributed by atoms with Crippen LogP contribution in [0.5, 0.6) is 0 Å². The summed E-state index contributed by atoms with van der Waals surface area (Å²) in [4.78, 5) is 11.4. The van der Waals surface area contributed by atoms with E-state index in [9.17, 15) is 4.79 Å². The Morgan fingerprint density at radius 1 is 1.44 bits per heavy atom. The Hall–Kier alpha value is -0.570. The van der Waals surface area contributed by atoms with Gasteiger partial charge in [-0.05, 0) is 32.1 Å². The highest BCUT2D eigenvalue weighted by Gasteiger charge is 2.50. The molecule has 0 spiro atoms. The van der Waals surface area contributed by atoms with Crippen LogP contribution in [0.2, 0.25) is 0 Å². The molecule has 5 atom stereocenters. The Kier molecular flexibility index (Phi) is 4.00. The van der Waals surface area contributed by atoms with E-state index >= 15 is 0 Å². The molecule has 0 radical (unpaired) electrons. The van der Waals surface area contributed by atoms with E-state index in [1.54, 1.807) is 0 Å². The molecule has 2 fully saturated rings. The van der Waals surface area contributed by atoms with E-state index in [1.165, 1.54) is 13.3 Å². The molecule has 2 aliphatic rings. The number of ether oxygens (including phenoxy) is 2. The van der Waals surface area contributed by atoms with Gasteiger partial charge in [-0.2, -0.15) is 0 Å². The van der Waals surface area contributed by atoms with E-state index in [-0.39, 0.29) is 23.8 Å². The van der Waals surface area contributed by atoms with Crippen LogP contribution in [-0.4, -0.2) is 23.8 Å². The number of hydrogen-bond donors (Lipinski definition) is 0. The molecule has 0 bridgehead atoms. The monoisotopic (exact) mass is 254 g/mol. The molecule has 3 heteroatoms. The largest absolute Gasteiger partial charge is 0.459 e. The van der Waals surface area contributed by atoms with E-state index in [0.29, 0.717) is 5.92 Å².